The summed E-state index contributed by atoms with van der Waals surface area (Å²) in [6.07, 6.45) is 2.93. The number of carbonyl (C=O) groups excluding carboxylic acids is 1. The molecule has 7 heteroatoms. The number of amides is 1. The molecule has 2 aromatic rings. The molecule has 0 spiro atoms. The zero-order valence-corrected chi connectivity index (χ0v) is 15.4. The maximum Gasteiger partial charge on any atom is 0.248 e. The Morgan fingerprint density at radius 1 is 1.04 bits per heavy atom. The van der Waals surface area contributed by atoms with Gasteiger partial charge in [0.05, 0.1) is 32.0 Å². The molecule has 0 aliphatic carbocycles. The fourth-order valence-corrected chi connectivity index (χ4v) is 2.75. The van der Waals surface area contributed by atoms with Crippen molar-refractivity contribution in [3.05, 3.63) is 52.0 Å². The number of ether oxygens (including phenoxy) is 3. The predicted molar refractivity (Wildman–Crippen MR) is 100 cm³/mol. The van der Waals surface area contributed by atoms with E-state index in [2.05, 4.69) is 5.32 Å². The van der Waals surface area contributed by atoms with Crippen LogP contribution in [0, 0.1) is 0 Å². The van der Waals surface area contributed by atoms with Crippen molar-refractivity contribution in [2.45, 2.75) is 0 Å². The molecule has 0 saturated heterocycles. The van der Waals surface area contributed by atoms with Gasteiger partial charge in [0.25, 0.3) is 0 Å². The Balaban J connectivity index is 2.20. The number of carbonyl (C=O) groups is 1. The number of benzene rings is 2. The average molecular weight is 382 g/mol. The summed E-state index contributed by atoms with van der Waals surface area (Å²) in [5, 5.41) is 3.55. The van der Waals surface area contributed by atoms with Crippen molar-refractivity contribution < 1.29 is 19.0 Å². The molecule has 0 heterocycles. The summed E-state index contributed by atoms with van der Waals surface area (Å²) in [4.78, 5) is 12.2. The van der Waals surface area contributed by atoms with Crippen molar-refractivity contribution in [3.8, 4) is 17.2 Å². The Kier molecular flexibility index (Phi) is 6.56. The maximum atomic E-state index is 12.2. The van der Waals surface area contributed by atoms with Crippen molar-refractivity contribution in [3.63, 3.8) is 0 Å². The Hall–Kier alpha value is -2.37. The lowest BCUT2D eigenvalue weighted by atomic mass is 10.2. The third-order valence-corrected chi connectivity index (χ3v) is 3.82. The fraction of sp³-hybridized carbons (Fsp3) is 0.167. The smallest absolute Gasteiger partial charge is 0.248 e. The highest BCUT2D eigenvalue weighted by Crippen LogP contribution is 2.33. The van der Waals surface area contributed by atoms with Crippen molar-refractivity contribution in [1.29, 1.82) is 0 Å². The van der Waals surface area contributed by atoms with Crippen molar-refractivity contribution in [1.82, 2.24) is 0 Å². The molecule has 0 atom stereocenters. The topological polar surface area (TPSA) is 56.8 Å². The van der Waals surface area contributed by atoms with Gasteiger partial charge in [0.1, 0.15) is 17.2 Å². The number of rotatable bonds is 6. The molecule has 0 bridgehead atoms. The summed E-state index contributed by atoms with van der Waals surface area (Å²) >= 11 is 12.1. The molecule has 0 radical (unpaired) electrons. The van der Waals surface area contributed by atoms with E-state index < -0.39 is 0 Å². The maximum absolute atomic E-state index is 12.2. The molecular weight excluding hydrogens is 365 g/mol. The molecule has 0 unspecified atom stereocenters. The molecule has 0 aliphatic rings. The van der Waals surface area contributed by atoms with E-state index in [-0.39, 0.29) is 5.91 Å². The first-order chi connectivity index (χ1) is 12.0. The number of anilines is 1. The minimum absolute atomic E-state index is 0.346. The molecule has 2 rings (SSSR count). The number of methoxy groups -OCH3 is 3. The van der Waals surface area contributed by atoms with Gasteiger partial charge in [0.2, 0.25) is 5.91 Å². The van der Waals surface area contributed by atoms with Crippen LogP contribution in [0.4, 0.5) is 5.69 Å². The standard InChI is InChI=1S/C18H17Cl2NO4/c1-23-13-5-6-15(16(10-13)24-2)21-17(22)7-4-11-8-12(19)9-14(20)18(11)25-3/h4-10H,1-3H3,(H,21,22). The van der Waals surface area contributed by atoms with Crippen molar-refractivity contribution >= 4 is 40.9 Å². The molecule has 0 aromatic heterocycles. The summed E-state index contributed by atoms with van der Waals surface area (Å²) in [7, 11) is 4.56. The van der Waals surface area contributed by atoms with E-state index in [9.17, 15) is 4.79 Å². The van der Waals surface area contributed by atoms with E-state index in [4.69, 9.17) is 37.4 Å². The normalized spacial score (nSPS) is 10.6. The van der Waals surface area contributed by atoms with E-state index in [1.54, 1.807) is 43.5 Å². The predicted octanol–water partition coefficient (Wildman–Crippen LogP) is 4.67. The first kappa shape index (κ1) is 19.0. The summed E-state index contributed by atoms with van der Waals surface area (Å²) in [5.41, 5.74) is 1.12. The molecule has 0 aliphatic heterocycles. The van der Waals surface area contributed by atoms with Crippen LogP contribution in [0.2, 0.25) is 10.0 Å². The highest BCUT2D eigenvalue weighted by atomic mass is 35.5. The van der Waals surface area contributed by atoms with Crippen LogP contribution >= 0.6 is 23.2 Å². The summed E-state index contributed by atoms with van der Waals surface area (Å²) < 4.78 is 15.6. The van der Waals surface area contributed by atoms with Gasteiger partial charge in [-0.05, 0) is 30.3 Å². The molecule has 1 N–H and O–H groups in total. The number of halogens is 2. The van der Waals surface area contributed by atoms with Crippen LogP contribution in [0.3, 0.4) is 0 Å². The number of nitrogens with one attached hydrogen (secondary N) is 1. The van der Waals surface area contributed by atoms with E-state index in [1.165, 1.54) is 20.3 Å². The van der Waals surface area contributed by atoms with Gasteiger partial charge in [-0.15, -0.1) is 0 Å². The van der Waals surface area contributed by atoms with Gasteiger partial charge in [-0.25, -0.2) is 0 Å². The van der Waals surface area contributed by atoms with Crippen LogP contribution in [0.15, 0.2) is 36.4 Å². The van der Waals surface area contributed by atoms with Crippen LogP contribution in [0.5, 0.6) is 17.2 Å². The Labute approximate surface area is 156 Å². The molecule has 132 valence electrons. The summed E-state index contributed by atoms with van der Waals surface area (Å²) in [5.74, 6) is 1.21. The van der Waals surface area contributed by atoms with Gasteiger partial charge in [-0.3, -0.25) is 4.79 Å². The quantitative estimate of drug-likeness (QED) is 0.738. The molecule has 25 heavy (non-hydrogen) atoms. The summed E-state index contributed by atoms with van der Waals surface area (Å²) in [6, 6.07) is 8.33. The minimum Gasteiger partial charge on any atom is -0.497 e. The minimum atomic E-state index is -0.346. The Morgan fingerprint density at radius 3 is 2.44 bits per heavy atom. The zero-order valence-electron chi connectivity index (χ0n) is 13.9. The lowest BCUT2D eigenvalue weighted by molar-refractivity contribution is -0.111. The van der Waals surface area contributed by atoms with E-state index in [0.29, 0.717) is 38.5 Å². The van der Waals surface area contributed by atoms with Gasteiger partial charge in [0.15, 0.2) is 0 Å². The largest absolute Gasteiger partial charge is 0.497 e. The monoisotopic (exact) mass is 381 g/mol. The van der Waals surface area contributed by atoms with Crippen LogP contribution in [-0.2, 0) is 4.79 Å². The highest BCUT2D eigenvalue weighted by Gasteiger charge is 2.10. The van der Waals surface area contributed by atoms with Gasteiger partial charge in [0, 0.05) is 22.7 Å². The first-order valence-corrected chi connectivity index (χ1v) is 7.98. The zero-order chi connectivity index (χ0) is 18.4. The highest BCUT2D eigenvalue weighted by molar-refractivity contribution is 6.36. The molecule has 0 fully saturated rings. The Morgan fingerprint density at radius 2 is 1.80 bits per heavy atom. The molecule has 5 nitrogen and oxygen atoms in total. The van der Waals surface area contributed by atoms with Gasteiger partial charge in [-0.1, -0.05) is 23.2 Å². The summed E-state index contributed by atoms with van der Waals surface area (Å²) in [6.45, 7) is 0. The molecule has 1 amide bonds. The molecule has 0 saturated carbocycles. The van der Waals surface area contributed by atoms with Crippen molar-refractivity contribution in [2.24, 2.45) is 0 Å². The third kappa shape index (κ3) is 4.81. The second-order valence-electron chi connectivity index (χ2n) is 4.90. The lowest BCUT2D eigenvalue weighted by Crippen LogP contribution is -2.09. The second-order valence-corrected chi connectivity index (χ2v) is 5.74. The van der Waals surface area contributed by atoms with Crippen LogP contribution in [0.25, 0.3) is 6.08 Å². The van der Waals surface area contributed by atoms with Crippen LogP contribution < -0.4 is 19.5 Å². The van der Waals surface area contributed by atoms with Crippen LogP contribution in [-0.4, -0.2) is 27.2 Å². The first-order valence-electron chi connectivity index (χ1n) is 7.22. The lowest BCUT2D eigenvalue weighted by Gasteiger charge is -2.10. The van der Waals surface area contributed by atoms with Gasteiger partial charge in [-0.2, -0.15) is 0 Å². The van der Waals surface area contributed by atoms with Crippen molar-refractivity contribution in [2.75, 3.05) is 26.6 Å². The third-order valence-electron chi connectivity index (χ3n) is 3.32. The van der Waals surface area contributed by atoms with E-state index >= 15 is 0 Å². The van der Waals surface area contributed by atoms with Gasteiger partial charge < -0.3 is 19.5 Å². The van der Waals surface area contributed by atoms with Gasteiger partial charge >= 0.3 is 0 Å². The molecular formula is C18H17Cl2NO4. The molecule has 2 aromatic carbocycles. The Bertz CT molecular complexity index is 806. The SMILES string of the molecule is COc1ccc(NC(=O)C=Cc2cc(Cl)cc(Cl)c2OC)c(OC)c1. The number of hydrogen-bond donors (Lipinski definition) is 1. The van der Waals surface area contributed by atoms with E-state index in [1.807, 2.05) is 0 Å². The fourth-order valence-electron chi connectivity index (χ4n) is 2.16. The number of hydrogen-bond acceptors (Lipinski definition) is 4. The van der Waals surface area contributed by atoms with E-state index in [0.717, 1.165) is 0 Å². The van der Waals surface area contributed by atoms with Crippen LogP contribution in [0.1, 0.15) is 5.56 Å². The average Bonchev–Trinajstić information content (AvgIpc) is 2.59. The second kappa shape index (κ2) is 8.65.